The molecule has 2 aromatic carbocycles. The van der Waals surface area contributed by atoms with Crippen molar-refractivity contribution in [1.82, 2.24) is 10.2 Å². The number of fused-ring (bicyclic) bond motifs is 3. The number of benzene rings is 2. The van der Waals surface area contributed by atoms with E-state index in [1.54, 1.807) is 4.90 Å². The fourth-order valence-corrected chi connectivity index (χ4v) is 5.56. The number of aliphatic carboxylic acids is 1. The molecule has 1 heterocycles. The van der Waals surface area contributed by atoms with Crippen LogP contribution in [0.4, 0.5) is 4.79 Å². The summed E-state index contributed by atoms with van der Waals surface area (Å²) in [6, 6.07) is 16.2. The Bertz CT molecular complexity index is 1050. The highest BCUT2D eigenvalue weighted by Crippen LogP contribution is 2.44. The number of carbonyl (C=O) groups is 3. The molecule has 0 spiro atoms. The van der Waals surface area contributed by atoms with Gasteiger partial charge in [0.1, 0.15) is 6.61 Å². The van der Waals surface area contributed by atoms with Crippen molar-refractivity contribution in [2.75, 3.05) is 19.7 Å². The molecule has 1 saturated heterocycles. The number of hydrogen-bond acceptors (Lipinski definition) is 4. The molecule has 1 aliphatic heterocycles. The van der Waals surface area contributed by atoms with Gasteiger partial charge in [-0.3, -0.25) is 9.59 Å². The van der Waals surface area contributed by atoms with Gasteiger partial charge in [0, 0.05) is 31.0 Å². The summed E-state index contributed by atoms with van der Waals surface area (Å²) in [5, 5.41) is 12.0. The average Bonchev–Trinajstić information content (AvgIpc) is 3.56. The first-order valence-electron chi connectivity index (χ1n) is 12.1. The summed E-state index contributed by atoms with van der Waals surface area (Å²) >= 11 is 0. The number of hydrogen-bond donors (Lipinski definition) is 2. The number of piperidine rings is 1. The molecular formula is C27H30N2O5. The minimum absolute atomic E-state index is 0.00112. The summed E-state index contributed by atoms with van der Waals surface area (Å²) in [5.41, 5.74) is 4.71. The standard InChI is InChI=1S/C27H30N2O5/c30-25(31)14-18-7-5-6-12-29(18)26(32)23-13-17(23)15-28-27(33)34-16-24-21-10-3-1-8-19(21)20-9-2-4-11-22(20)24/h1-4,8-11,17-18,23-24H,5-7,12-16H2,(H,28,33)(H,30,31)/t17-,18?,23-/m0/s1. The lowest BCUT2D eigenvalue weighted by Crippen LogP contribution is -2.45. The Morgan fingerprint density at radius 1 is 1.00 bits per heavy atom. The summed E-state index contributed by atoms with van der Waals surface area (Å²) in [6.07, 6.45) is 2.87. The van der Waals surface area contributed by atoms with Crippen LogP contribution in [0.5, 0.6) is 0 Å². The fourth-order valence-electron chi connectivity index (χ4n) is 5.56. The van der Waals surface area contributed by atoms with Gasteiger partial charge in [0.25, 0.3) is 0 Å². The minimum atomic E-state index is -0.867. The van der Waals surface area contributed by atoms with Crippen LogP contribution in [0.15, 0.2) is 48.5 Å². The molecule has 2 aliphatic carbocycles. The maximum absolute atomic E-state index is 12.9. The Morgan fingerprint density at radius 3 is 2.35 bits per heavy atom. The number of carboxylic acids is 1. The van der Waals surface area contributed by atoms with Crippen LogP contribution in [0.2, 0.25) is 0 Å². The highest BCUT2D eigenvalue weighted by molar-refractivity contribution is 5.83. The van der Waals surface area contributed by atoms with Crippen molar-refractivity contribution in [2.24, 2.45) is 11.8 Å². The number of ether oxygens (including phenoxy) is 1. The van der Waals surface area contributed by atoms with E-state index >= 15 is 0 Å². The largest absolute Gasteiger partial charge is 0.481 e. The van der Waals surface area contributed by atoms with E-state index in [2.05, 4.69) is 29.6 Å². The summed E-state index contributed by atoms with van der Waals surface area (Å²) in [6.45, 7) is 1.28. The lowest BCUT2D eigenvalue weighted by molar-refractivity contribution is -0.142. The van der Waals surface area contributed by atoms with Gasteiger partial charge in [0.05, 0.1) is 6.42 Å². The number of nitrogens with one attached hydrogen (secondary N) is 1. The van der Waals surface area contributed by atoms with E-state index < -0.39 is 12.1 Å². The van der Waals surface area contributed by atoms with Gasteiger partial charge in [0.2, 0.25) is 5.91 Å². The van der Waals surface area contributed by atoms with Crippen molar-refractivity contribution < 1.29 is 24.2 Å². The van der Waals surface area contributed by atoms with Crippen molar-refractivity contribution >= 4 is 18.0 Å². The molecule has 178 valence electrons. The zero-order valence-electron chi connectivity index (χ0n) is 19.1. The van der Waals surface area contributed by atoms with Crippen LogP contribution in [-0.4, -0.2) is 53.7 Å². The summed E-state index contributed by atoms with van der Waals surface area (Å²) in [7, 11) is 0. The van der Waals surface area contributed by atoms with Crippen molar-refractivity contribution in [3.63, 3.8) is 0 Å². The Morgan fingerprint density at radius 2 is 1.68 bits per heavy atom. The van der Waals surface area contributed by atoms with Gasteiger partial charge in [-0.15, -0.1) is 0 Å². The smallest absolute Gasteiger partial charge is 0.407 e. The Balaban J connectivity index is 1.11. The molecule has 7 heteroatoms. The Kier molecular flexibility index (Phi) is 6.26. The SMILES string of the molecule is O=C(O)CC1CCCCN1C(=O)[C@H]1C[C@H]1CNC(=O)OCC1c2ccccc2-c2ccccc21. The second-order valence-corrected chi connectivity index (χ2v) is 9.59. The van der Waals surface area contributed by atoms with Gasteiger partial charge >= 0.3 is 12.1 Å². The van der Waals surface area contributed by atoms with Crippen molar-refractivity contribution in [3.05, 3.63) is 59.7 Å². The molecule has 1 unspecified atom stereocenters. The number of likely N-dealkylation sites (tertiary alicyclic amines) is 1. The molecule has 0 bridgehead atoms. The number of amides is 2. The first-order valence-corrected chi connectivity index (χ1v) is 12.1. The Hall–Kier alpha value is -3.35. The number of nitrogens with zero attached hydrogens (tertiary/aromatic N) is 1. The van der Waals surface area contributed by atoms with Gasteiger partial charge in [-0.25, -0.2) is 4.79 Å². The third kappa shape index (κ3) is 4.52. The molecule has 0 aromatic heterocycles. The lowest BCUT2D eigenvalue weighted by Gasteiger charge is -2.35. The van der Waals surface area contributed by atoms with Crippen LogP contribution >= 0.6 is 0 Å². The first-order chi connectivity index (χ1) is 16.5. The Labute approximate surface area is 199 Å². The summed E-state index contributed by atoms with van der Waals surface area (Å²) < 4.78 is 5.58. The maximum atomic E-state index is 12.9. The normalized spacial score (nSPS) is 23.1. The van der Waals surface area contributed by atoms with Crippen LogP contribution in [0.25, 0.3) is 11.1 Å². The molecule has 5 rings (SSSR count). The van der Waals surface area contributed by atoms with E-state index in [4.69, 9.17) is 9.84 Å². The second kappa shape index (κ2) is 9.49. The average molecular weight is 463 g/mol. The van der Waals surface area contributed by atoms with E-state index in [-0.39, 0.29) is 42.7 Å². The molecule has 1 saturated carbocycles. The quantitative estimate of drug-likeness (QED) is 0.648. The molecular weight excluding hydrogens is 432 g/mol. The van der Waals surface area contributed by atoms with E-state index in [0.29, 0.717) is 13.1 Å². The molecule has 2 aromatic rings. The number of carboxylic acid groups (broad SMARTS) is 1. The van der Waals surface area contributed by atoms with E-state index in [1.807, 2.05) is 24.3 Å². The van der Waals surface area contributed by atoms with Crippen LogP contribution < -0.4 is 5.32 Å². The van der Waals surface area contributed by atoms with Crippen LogP contribution in [0.3, 0.4) is 0 Å². The molecule has 3 atom stereocenters. The van der Waals surface area contributed by atoms with Gasteiger partial charge in [-0.2, -0.15) is 0 Å². The third-order valence-electron chi connectivity index (χ3n) is 7.41. The minimum Gasteiger partial charge on any atom is -0.481 e. The molecule has 2 N–H and O–H groups in total. The molecule has 7 nitrogen and oxygen atoms in total. The third-order valence-corrected chi connectivity index (χ3v) is 7.41. The van der Waals surface area contributed by atoms with Crippen molar-refractivity contribution in [3.8, 4) is 11.1 Å². The number of carbonyl (C=O) groups excluding carboxylic acids is 2. The van der Waals surface area contributed by atoms with E-state index in [1.165, 1.54) is 22.3 Å². The van der Waals surface area contributed by atoms with E-state index in [9.17, 15) is 14.4 Å². The highest BCUT2D eigenvalue weighted by Gasteiger charge is 2.46. The van der Waals surface area contributed by atoms with Gasteiger partial charge in [0.15, 0.2) is 0 Å². The molecule has 34 heavy (non-hydrogen) atoms. The predicted octanol–water partition coefficient (Wildman–Crippen LogP) is 4.02. The molecule has 3 aliphatic rings. The fraction of sp³-hybridized carbons (Fsp3) is 0.444. The van der Waals surface area contributed by atoms with Crippen LogP contribution in [-0.2, 0) is 14.3 Å². The zero-order valence-corrected chi connectivity index (χ0v) is 19.1. The zero-order chi connectivity index (χ0) is 23.7. The van der Waals surface area contributed by atoms with Gasteiger partial charge < -0.3 is 20.1 Å². The first kappa shape index (κ1) is 22.4. The number of rotatable bonds is 7. The molecule has 0 radical (unpaired) electrons. The van der Waals surface area contributed by atoms with Gasteiger partial charge in [-0.1, -0.05) is 48.5 Å². The van der Waals surface area contributed by atoms with Crippen LogP contribution in [0.1, 0.15) is 49.1 Å². The van der Waals surface area contributed by atoms with Crippen molar-refractivity contribution in [1.29, 1.82) is 0 Å². The molecule has 2 fully saturated rings. The van der Waals surface area contributed by atoms with Crippen LogP contribution in [0, 0.1) is 11.8 Å². The summed E-state index contributed by atoms with van der Waals surface area (Å²) in [4.78, 5) is 38.3. The van der Waals surface area contributed by atoms with Gasteiger partial charge in [-0.05, 0) is 53.9 Å². The topological polar surface area (TPSA) is 95.9 Å². The van der Waals surface area contributed by atoms with E-state index in [0.717, 1.165) is 25.7 Å². The summed E-state index contributed by atoms with van der Waals surface area (Å²) in [5.74, 6) is -0.874. The lowest BCUT2D eigenvalue weighted by atomic mass is 9.98. The highest BCUT2D eigenvalue weighted by atomic mass is 16.5. The van der Waals surface area contributed by atoms with Crippen molar-refractivity contribution in [2.45, 2.75) is 44.1 Å². The molecule has 2 amide bonds. The monoisotopic (exact) mass is 462 g/mol. The second-order valence-electron chi connectivity index (χ2n) is 9.59. The maximum Gasteiger partial charge on any atom is 0.407 e. The number of alkyl carbamates (subject to hydrolysis) is 1. The predicted molar refractivity (Wildman–Crippen MR) is 126 cm³/mol.